The van der Waals surface area contributed by atoms with E-state index in [0.29, 0.717) is 0 Å². The molecule has 0 rings (SSSR count). The summed E-state index contributed by atoms with van der Waals surface area (Å²) >= 11 is 0. The van der Waals surface area contributed by atoms with E-state index in [1.165, 1.54) is 122 Å². The number of hydrogen-bond acceptors (Lipinski definition) is 0. The Morgan fingerprint density at radius 2 is 0.591 bits per heavy atom. The standard InChI is InChI=1S/C22H45/c1-3-5-7-9-11-13-15-17-19-21-22-20-18-16-14-12-10-8-6-4-2/h1,3-22H2,2H3. The van der Waals surface area contributed by atoms with Gasteiger partial charge in [-0.15, -0.1) is 0 Å². The Hall–Kier alpha value is 0. The monoisotopic (exact) mass is 309 g/mol. The summed E-state index contributed by atoms with van der Waals surface area (Å²) in [6.07, 6.45) is 28.8. The number of rotatable bonds is 19. The van der Waals surface area contributed by atoms with E-state index in [0.717, 1.165) is 6.42 Å². The van der Waals surface area contributed by atoms with Crippen LogP contribution in [0.4, 0.5) is 0 Å². The molecule has 0 spiro atoms. The summed E-state index contributed by atoms with van der Waals surface area (Å²) in [5.41, 5.74) is 0. The van der Waals surface area contributed by atoms with Gasteiger partial charge >= 0.3 is 0 Å². The molecule has 0 bridgehead atoms. The molecule has 0 saturated heterocycles. The minimum Gasteiger partial charge on any atom is -0.0654 e. The van der Waals surface area contributed by atoms with Crippen molar-refractivity contribution >= 4 is 0 Å². The van der Waals surface area contributed by atoms with Crippen LogP contribution in [0.25, 0.3) is 0 Å². The zero-order chi connectivity index (χ0) is 16.1. The molecular formula is C22H45. The molecule has 0 N–H and O–H groups in total. The van der Waals surface area contributed by atoms with Crippen molar-refractivity contribution in [3.63, 3.8) is 0 Å². The van der Waals surface area contributed by atoms with Crippen molar-refractivity contribution in [2.45, 2.75) is 135 Å². The van der Waals surface area contributed by atoms with Gasteiger partial charge in [-0.25, -0.2) is 0 Å². The first kappa shape index (κ1) is 22.0. The molecule has 0 aliphatic heterocycles. The highest BCUT2D eigenvalue weighted by Gasteiger charge is 1.94. The van der Waals surface area contributed by atoms with Crippen LogP contribution in [0.2, 0.25) is 0 Å². The van der Waals surface area contributed by atoms with Crippen molar-refractivity contribution in [1.29, 1.82) is 0 Å². The summed E-state index contributed by atoms with van der Waals surface area (Å²) in [5.74, 6) is 0. The molecule has 0 amide bonds. The van der Waals surface area contributed by atoms with Gasteiger partial charge < -0.3 is 0 Å². The summed E-state index contributed by atoms with van der Waals surface area (Å²) in [6.45, 7) is 6.20. The molecule has 0 unspecified atom stereocenters. The molecule has 22 heavy (non-hydrogen) atoms. The topological polar surface area (TPSA) is 0 Å². The van der Waals surface area contributed by atoms with Gasteiger partial charge in [0.25, 0.3) is 0 Å². The molecule has 0 aromatic heterocycles. The predicted molar refractivity (Wildman–Crippen MR) is 103 cm³/mol. The Balaban J connectivity index is 2.91. The third kappa shape index (κ3) is 20.0. The molecule has 0 atom stereocenters. The van der Waals surface area contributed by atoms with Crippen molar-refractivity contribution in [2.75, 3.05) is 0 Å². The van der Waals surface area contributed by atoms with Crippen LogP contribution in [0.1, 0.15) is 135 Å². The molecule has 0 aromatic rings. The maximum atomic E-state index is 3.90. The van der Waals surface area contributed by atoms with E-state index in [1.54, 1.807) is 0 Å². The fourth-order valence-electron chi connectivity index (χ4n) is 3.26. The highest BCUT2D eigenvalue weighted by atomic mass is 14.0. The van der Waals surface area contributed by atoms with E-state index in [4.69, 9.17) is 0 Å². The zero-order valence-corrected chi connectivity index (χ0v) is 15.8. The van der Waals surface area contributed by atoms with Crippen LogP contribution in [-0.4, -0.2) is 0 Å². The summed E-state index contributed by atoms with van der Waals surface area (Å²) in [7, 11) is 0. The largest absolute Gasteiger partial charge is 0.0654 e. The van der Waals surface area contributed by atoms with Crippen LogP contribution >= 0.6 is 0 Å². The smallest absolute Gasteiger partial charge is 0.0533 e. The predicted octanol–water partition coefficient (Wildman–Crippen LogP) is 8.64. The number of unbranched alkanes of at least 4 members (excludes halogenated alkanes) is 19. The van der Waals surface area contributed by atoms with Gasteiger partial charge in [-0.2, -0.15) is 0 Å². The fourth-order valence-corrected chi connectivity index (χ4v) is 3.26. The van der Waals surface area contributed by atoms with Crippen molar-refractivity contribution in [3.05, 3.63) is 6.92 Å². The van der Waals surface area contributed by atoms with Crippen LogP contribution in [0.5, 0.6) is 0 Å². The SMILES string of the molecule is [CH2]CCCCCCCCCCCCCCCCCCCCC. The molecule has 0 heterocycles. The minimum absolute atomic E-state index is 1.12. The third-order valence-electron chi connectivity index (χ3n) is 4.85. The second-order valence-electron chi connectivity index (χ2n) is 7.22. The van der Waals surface area contributed by atoms with Crippen molar-refractivity contribution in [3.8, 4) is 0 Å². The maximum Gasteiger partial charge on any atom is -0.0533 e. The van der Waals surface area contributed by atoms with Crippen molar-refractivity contribution in [1.82, 2.24) is 0 Å². The lowest BCUT2D eigenvalue weighted by Gasteiger charge is -2.03. The molecule has 0 saturated carbocycles. The second kappa shape index (κ2) is 21.0. The Morgan fingerprint density at radius 3 is 0.818 bits per heavy atom. The van der Waals surface area contributed by atoms with Crippen LogP contribution < -0.4 is 0 Å². The molecule has 0 aliphatic carbocycles. The lowest BCUT2D eigenvalue weighted by molar-refractivity contribution is 0.523. The van der Waals surface area contributed by atoms with Crippen LogP contribution in [0, 0.1) is 6.92 Å². The van der Waals surface area contributed by atoms with Crippen LogP contribution in [0.3, 0.4) is 0 Å². The van der Waals surface area contributed by atoms with E-state index >= 15 is 0 Å². The van der Waals surface area contributed by atoms with Crippen molar-refractivity contribution < 1.29 is 0 Å². The molecule has 0 nitrogen and oxygen atoms in total. The average molecular weight is 310 g/mol. The van der Waals surface area contributed by atoms with Gasteiger partial charge in [0, 0.05) is 0 Å². The summed E-state index contributed by atoms with van der Waals surface area (Å²) < 4.78 is 0. The highest BCUT2D eigenvalue weighted by molar-refractivity contribution is 4.50. The quantitative estimate of drug-likeness (QED) is 0.209. The molecule has 1 radical (unpaired) electrons. The van der Waals surface area contributed by atoms with E-state index in [2.05, 4.69) is 13.8 Å². The molecular weight excluding hydrogens is 264 g/mol. The molecule has 0 aromatic carbocycles. The van der Waals surface area contributed by atoms with Gasteiger partial charge in [-0.05, 0) is 0 Å². The normalized spacial score (nSPS) is 11.2. The maximum absolute atomic E-state index is 3.90. The first-order valence-electron chi connectivity index (χ1n) is 10.7. The Labute approximate surface area is 142 Å². The molecule has 133 valence electrons. The summed E-state index contributed by atoms with van der Waals surface area (Å²) in [6, 6.07) is 0. The fraction of sp³-hybridized carbons (Fsp3) is 0.955. The highest BCUT2D eigenvalue weighted by Crippen LogP contribution is 2.14. The Bertz CT molecular complexity index is 153. The lowest BCUT2D eigenvalue weighted by Crippen LogP contribution is -1.84. The van der Waals surface area contributed by atoms with E-state index in [1.807, 2.05) is 0 Å². The van der Waals surface area contributed by atoms with Gasteiger partial charge in [0.05, 0.1) is 0 Å². The van der Waals surface area contributed by atoms with E-state index in [-0.39, 0.29) is 0 Å². The molecule has 0 fully saturated rings. The average Bonchev–Trinajstić information content (AvgIpc) is 2.54. The molecule has 0 heteroatoms. The van der Waals surface area contributed by atoms with Crippen LogP contribution in [0.15, 0.2) is 0 Å². The molecule has 0 aliphatic rings. The Kier molecular flexibility index (Phi) is 21.0. The second-order valence-corrected chi connectivity index (χ2v) is 7.22. The van der Waals surface area contributed by atoms with E-state index in [9.17, 15) is 0 Å². The lowest BCUT2D eigenvalue weighted by atomic mass is 10.0. The minimum atomic E-state index is 1.12. The van der Waals surface area contributed by atoms with Gasteiger partial charge in [0.1, 0.15) is 0 Å². The van der Waals surface area contributed by atoms with Gasteiger partial charge in [0.2, 0.25) is 0 Å². The first-order valence-corrected chi connectivity index (χ1v) is 10.7. The van der Waals surface area contributed by atoms with Crippen molar-refractivity contribution in [2.24, 2.45) is 0 Å². The zero-order valence-electron chi connectivity index (χ0n) is 15.8. The van der Waals surface area contributed by atoms with Gasteiger partial charge in [-0.3, -0.25) is 0 Å². The van der Waals surface area contributed by atoms with Gasteiger partial charge in [-0.1, -0.05) is 142 Å². The number of hydrogen-bond donors (Lipinski definition) is 0. The Morgan fingerprint density at radius 1 is 0.364 bits per heavy atom. The van der Waals surface area contributed by atoms with Gasteiger partial charge in [0.15, 0.2) is 0 Å². The summed E-state index contributed by atoms with van der Waals surface area (Å²) in [4.78, 5) is 0. The third-order valence-corrected chi connectivity index (χ3v) is 4.85. The van der Waals surface area contributed by atoms with E-state index < -0.39 is 0 Å². The summed E-state index contributed by atoms with van der Waals surface area (Å²) in [5, 5.41) is 0. The first-order chi connectivity index (χ1) is 10.9. The van der Waals surface area contributed by atoms with Crippen LogP contribution in [-0.2, 0) is 0 Å².